The third-order valence-electron chi connectivity index (χ3n) is 5.91. The van der Waals surface area contributed by atoms with Crippen LogP contribution in [0, 0.1) is 0 Å². The molecule has 0 spiro atoms. The molecule has 0 unspecified atom stereocenters. The molecule has 0 saturated carbocycles. The zero-order valence-corrected chi connectivity index (χ0v) is 15.9. The van der Waals surface area contributed by atoms with Crippen molar-refractivity contribution >= 4 is 10.9 Å². The summed E-state index contributed by atoms with van der Waals surface area (Å²) in [6.07, 6.45) is 9.49. The Morgan fingerprint density at radius 1 is 1.04 bits per heavy atom. The number of hydrogen-bond donors (Lipinski definition) is 1. The van der Waals surface area contributed by atoms with E-state index in [-0.39, 0.29) is 0 Å². The number of aromatic amines is 1. The fourth-order valence-corrected chi connectivity index (χ4v) is 4.58. The fraction of sp³-hybridized carbons (Fsp3) is 0.417. The molecule has 0 radical (unpaired) electrons. The SMILES string of the molecule is CCCN(CCCc1ccccc1)[C@@H]1CCc2ccc3[nH]ccc3c2C1. The Morgan fingerprint density at radius 3 is 2.77 bits per heavy atom. The lowest BCUT2D eigenvalue weighted by Gasteiger charge is -2.35. The summed E-state index contributed by atoms with van der Waals surface area (Å²) in [5.74, 6) is 0. The van der Waals surface area contributed by atoms with E-state index in [1.807, 2.05) is 0 Å². The van der Waals surface area contributed by atoms with Gasteiger partial charge in [0.1, 0.15) is 0 Å². The number of aryl methyl sites for hydroxylation is 2. The zero-order valence-electron chi connectivity index (χ0n) is 15.9. The Morgan fingerprint density at radius 2 is 1.92 bits per heavy atom. The third-order valence-corrected chi connectivity index (χ3v) is 5.91. The number of fused-ring (bicyclic) bond motifs is 3. The van der Waals surface area contributed by atoms with Gasteiger partial charge in [0, 0.05) is 23.1 Å². The van der Waals surface area contributed by atoms with Gasteiger partial charge >= 0.3 is 0 Å². The topological polar surface area (TPSA) is 19.0 Å². The number of hydrogen-bond acceptors (Lipinski definition) is 1. The predicted octanol–water partition coefficient (Wildman–Crippen LogP) is 5.37. The van der Waals surface area contributed by atoms with Gasteiger partial charge in [-0.1, -0.05) is 43.3 Å². The van der Waals surface area contributed by atoms with E-state index in [4.69, 9.17) is 0 Å². The van der Waals surface area contributed by atoms with Gasteiger partial charge in [-0.3, -0.25) is 0 Å². The van der Waals surface area contributed by atoms with Gasteiger partial charge in [-0.25, -0.2) is 0 Å². The third kappa shape index (κ3) is 3.71. The van der Waals surface area contributed by atoms with Gasteiger partial charge in [0.15, 0.2) is 0 Å². The van der Waals surface area contributed by atoms with Gasteiger partial charge in [0.25, 0.3) is 0 Å². The molecule has 136 valence electrons. The van der Waals surface area contributed by atoms with Crippen molar-refractivity contribution in [1.29, 1.82) is 0 Å². The molecule has 1 aliphatic rings. The van der Waals surface area contributed by atoms with Crippen molar-refractivity contribution < 1.29 is 0 Å². The Hall–Kier alpha value is -2.06. The largest absolute Gasteiger partial charge is 0.361 e. The fourth-order valence-electron chi connectivity index (χ4n) is 4.58. The van der Waals surface area contributed by atoms with Crippen molar-refractivity contribution in [2.45, 2.75) is 51.5 Å². The Balaban J connectivity index is 1.44. The van der Waals surface area contributed by atoms with Crippen molar-refractivity contribution in [3.05, 3.63) is 71.4 Å². The molecular weight excluding hydrogens is 316 g/mol. The predicted molar refractivity (Wildman–Crippen MR) is 111 cm³/mol. The van der Waals surface area contributed by atoms with Crippen LogP contribution in [0.5, 0.6) is 0 Å². The number of nitrogens with zero attached hydrogens (tertiary/aromatic N) is 1. The minimum Gasteiger partial charge on any atom is -0.361 e. The lowest BCUT2D eigenvalue weighted by atomic mass is 9.85. The number of benzene rings is 2. The van der Waals surface area contributed by atoms with Gasteiger partial charge in [-0.2, -0.15) is 0 Å². The van der Waals surface area contributed by atoms with E-state index in [1.165, 1.54) is 68.1 Å². The van der Waals surface area contributed by atoms with Crippen LogP contribution in [-0.2, 0) is 19.3 Å². The normalized spacial score (nSPS) is 16.9. The van der Waals surface area contributed by atoms with Crippen molar-refractivity contribution in [3.8, 4) is 0 Å². The molecule has 3 aromatic rings. The van der Waals surface area contributed by atoms with Crippen molar-refractivity contribution in [2.24, 2.45) is 0 Å². The first-order valence-electron chi connectivity index (χ1n) is 10.2. The molecule has 0 amide bonds. The highest BCUT2D eigenvalue weighted by Gasteiger charge is 2.25. The standard InChI is InChI=1S/C24H30N2/c1-2-16-26(17-6-9-19-7-4-3-5-8-19)21-12-10-20-11-13-24-22(14-15-25-24)23(20)18-21/h3-5,7-8,11,13-15,21,25H,2,6,9-10,12,16-18H2,1H3/t21-/m1/s1. The summed E-state index contributed by atoms with van der Waals surface area (Å²) in [6.45, 7) is 4.75. The van der Waals surface area contributed by atoms with Crippen LogP contribution in [0.3, 0.4) is 0 Å². The van der Waals surface area contributed by atoms with Crippen LogP contribution in [0.4, 0.5) is 0 Å². The Labute approximate surface area is 157 Å². The van der Waals surface area contributed by atoms with Gasteiger partial charge in [-0.15, -0.1) is 0 Å². The first-order valence-corrected chi connectivity index (χ1v) is 10.2. The van der Waals surface area contributed by atoms with E-state index in [1.54, 1.807) is 11.1 Å². The summed E-state index contributed by atoms with van der Waals surface area (Å²) in [4.78, 5) is 6.14. The molecule has 1 heterocycles. The minimum absolute atomic E-state index is 0.693. The molecule has 2 aromatic carbocycles. The van der Waals surface area contributed by atoms with Gasteiger partial charge < -0.3 is 9.88 Å². The molecule has 1 aliphatic carbocycles. The molecule has 2 heteroatoms. The van der Waals surface area contributed by atoms with Gasteiger partial charge in [0.05, 0.1) is 0 Å². The molecule has 0 aliphatic heterocycles. The van der Waals surface area contributed by atoms with E-state index in [2.05, 4.69) is 71.5 Å². The molecule has 1 N–H and O–H groups in total. The lowest BCUT2D eigenvalue weighted by molar-refractivity contribution is 0.178. The van der Waals surface area contributed by atoms with E-state index in [9.17, 15) is 0 Å². The molecular formula is C24H30N2. The van der Waals surface area contributed by atoms with Crippen LogP contribution in [0.2, 0.25) is 0 Å². The molecule has 0 fully saturated rings. The van der Waals surface area contributed by atoms with E-state index >= 15 is 0 Å². The molecule has 0 saturated heterocycles. The maximum atomic E-state index is 3.38. The molecule has 0 bridgehead atoms. The van der Waals surface area contributed by atoms with Crippen LogP contribution in [0.25, 0.3) is 10.9 Å². The van der Waals surface area contributed by atoms with E-state index < -0.39 is 0 Å². The summed E-state index contributed by atoms with van der Waals surface area (Å²) in [5.41, 5.74) is 5.90. The first kappa shape index (κ1) is 17.4. The molecule has 26 heavy (non-hydrogen) atoms. The number of nitrogens with one attached hydrogen (secondary N) is 1. The van der Waals surface area contributed by atoms with Crippen LogP contribution in [0.1, 0.15) is 42.9 Å². The Bertz CT molecular complexity index is 834. The molecule has 4 rings (SSSR count). The molecule has 2 nitrogen and oxygen atoms in total. The van der Waals surface area contributed by atoms with Crippen LogP contribution in [0.15, 0.2) is 54.7 Å². The van der Waals surface area contributed by atoms with E-state index in [0.29, 0.717) is 6.04 Å². The van der Waals surface area contributed by atoms with E-state index in [0.717, 1.165) is 0 Å². The average Bonchev–Trinajstić information content (AvgIpc) is 3.17. The average molecular weight is 347 g/mol. The second-order valence-electron chi connectivity index (χ2n) is 7.66. The summed E-state index contributed by atoms with van der Waals surface area (Å²) in [6, 6.07) is 18.5. The van der Waals surface area contributed by atoms with Gasteiger partial charge in [-0.05, 0) is 80.4 Å². The second kappa shape index (κ2) is 8.09. The lowest BCUT2D eigenvalue weighted by Crippen LogP contribution is -2.40. The van der Waals surface area contributed by atoms with Crippen molar-refractivity contribution in [2.75, 3.05) is 13.1 Å². The molecule has 1 aromatic heterocycles. The monoisotopic (exact) mass is 346 g/mol. The van der Waals surface area contributed by atoms with Crippen LogP contribution < -0.4 is 0 Å². The number of rotatable bonds is 7. The quantitative estimate of drug-likeness (QED) is 0.609. The smallest absolute Gasteiger partial charge is 0.0456 e. The molecule has 1 atom stereocenters. The Kier molecular flexibility index (Phi) is 5.40. The van der Waals surface area contributed by atoms with Crippen LogP contribution in [-0.4, -0.2) is 29.0 Å². The summed E-state index contributed by atoms with van der Waals surface area (Å²) < 4.78 is 0. The van der Waals surface area contributed by atoms with Gasteiger partial charge in [0.2, 0.25) is 0 Å². The highest BCUT2D eigenvalue weighted by molar-refractivity contribution is 5.84. The summed E-state index contributed by atoms with van der Waals surface area (Å²) in [7, 11) is 0. The second-order valence-corrected chi connectivity index (χ2v) is 7.66. The maximum Gasteiger partial charge on any atom is 0.0456 e. The summed E-state index contributed by atoms with van der Waals surface area (Å²) >= 11 is 0. The maximum absolute atomic E-state index is 3.38. The van der Waals surface area contributed by atoms with Crippen molar-refractivity contribution in [1.82, 2.24) is 9.88 Å². The van der Waals surface area contributed by atoms with Crippen LogP contribution >= 0.6 is 0 Å². The number of H-pyrrole nitrogens is 1. The van der Waals surface area contributed by atoms with Crippen molar-refractivity contribution in [3.63, 3.8) is 0 Å². The number of aromatic nitrogens is 1. The first-order chi connectivity index (χ1) is 12.8. The summed E-state index contributed by atoms with van der Waals surface area (Å²) in [5, 5.41) is 1.44. The zero-order chi connectivity index (χ0) is 17.8. The highest BCUT2D eigenvalue weighted by Crippen LogP contribution is 2.30. The minimum atomic E-state index is 0.693. The highest BCUT2D eigenvalue weighted by atomic mass is 15.1.